The highest BCUT2D eigenvalue weighted by molar-refractivity contribution is 6.18. The second-order valence-electron chi connectivity index (χ2n) is 11.4. The lowest BCUT2D eigenvalue weighted by atomic mass is 9.82. The van der Waals surface area contributed by atoms with Crippen molar-refractivity contribution in [3.8, 4) is 16.8 Å². The highest BCUT2D eigenvalue weighted by Crippen LogP contribution is 2.53. The fourth-order valence-electron chi connectivity index (χ4n) is 6.89. The molecule has 0 saturated carbocycles. The van der Waals surface area contributed by atoms with Gasteiger partial charge in [-0.3, -0.25) is 0 Å². The minimum Gasteiger partial charge on any atom is -0.310 e. The van der Waals surface area contributed by atoms with Crippen LogP contribution in [0.5, 0.6) is 0 Å². The van der Waals surface area contributed by atoms with Crippen molar-refractivity contribution in [3.05, 3.63) is 157 Å². The summed E-state index contributed by atoms with van der Waals surface area (Å²) in [6.07, 6.45) is 0. The van der Waals surface area contributed by atoms with Gasteiger partial charge in [-0.25, -0.2) is 0 Å². The molecule has 0 fully saturated rings. The molecule has 0 radical (unpaired) electrons. The van der Waals surface area contributed by atoms with Crippen LogP contribution in [0.3, 0.4) is 0 Å². The van der Waals surface area contributed by atoms with Crippen LogP contribution < -0.4 is 4.90 Å². The molecular formula is C39H30N2. The fourth-order valence-corrected chi connectivity index (χ4v) is 6.89. The molecule has 0 spiro atoms. The Morgan fingerprint density at radius 1 is 0.512 bits per heavy atom. The zero-order chi connectivity index (χ0) is 27.6. The summed E-state index contributed by atoms with van der Waals surface area (Å²) in [6, 6.07) is 52.7. The van der Waals surface area contributed by atoms with Crippen molar-refractivity contribution >= 4 is 38.9 Å². The Morgan fingerprint density at radius 3 is 1.78 bits per heavy atom. The van der Waals surface area contributed by atoms with E-state index in [0.717, 1.165) is 17.1 Å². The summed E-state index contributed by atoms with van der Waals surface area (Å²) in [6.45, 7) is 4.72. The molecular weight excluding hydrogens is 496 g/mol. The van der Waals surface area contributed by atoms with Gasteiger partial charge in [0, 0.05) is 38.9 Å². The third-order valence-electron chi connectivity index (χ3n) is 8.76. The van der Waals surface area contributed by atoms with Gasteiger partial charge in [0.25, 0.3) is 0 Å². The van der Waals surface area contributed by atoms with Gasteiger partial charge in [0.15, 0.2) is 0 Å². The van der Waals surface area contributed by atoms with Crippen molar-refractivity contribution in [3.63, 3.8) is 0 Å². The van der Waals surface area contributed by atoms with E-state index in [2.05, 4.69) is 169 Å². The van der Waals surface area contributed by atoms with E-state index in [4.69, 9.17) is 0 Å². The lowest BCUT2D eigenvalue weighted by Crippen LogP contribution is -2.14. The number of rotatable bonds is 4. The number of nitrogens with zero attached hydrogens (tertiary/aromatic N) is 2. The van der Waals surface area contributed by atoms with Crippen LogP contribution in [0.15, 0.2) is 146 Å². The molecule has 41 heavy (non-hydrogen) atoms. The third kappa shape index (κ3) is 3.50. The van der Waals surface area contributed by atoms with E-state index in [1.807, 2.05) is 0 Å². The summed E-state index contributed by atoms with van der Waals surface area (Å²) < 4.78 is 2.43. The van der Waals surface area contributed by atoms with Gasteiger partial charge in [-0.05, 0) is 82.9 Å². The van der Waals surface area contributed by atoms with E-state index in [1.54, 1.807) is 0 Å². The van der Waals surface area contributed by atoms with Crippen LogP contribution in [0.4, 0.5) is 17.1 Å². The molecule has 1 aromatic heterocycles. The highest BCUT2D eigenvalue weighted by Gasteiger charge is 2.37. The maximum atomic E-state index is 2.43. The minimum atomic E-state index is -0.0565. The molecule has 8 rings (SSSR count). The average Bonchev–Trinajstić information content (AvgIpc) is 3.47. The maximum absolute atomic E-state index is 2.43. The van der Waals surface area contributed by atoms with Crippen molar-refractivity contribution in [1.29, 1.82) is 0 Å². The summed E-state index contributed by atoms with van der Waals surface area (Å²) in [5, 5.41) is 2.59. The van der Waals surface area contributed by atoms with Gasteiger partial charge in [0.2, 0.25) is 0 Å². The first-order valence-corrected chi connectivity index (χ1v) is 14.3. The van der Waals surface area contributed by atoms with Crippen LogP contribution in [-0.2, 0) is 5.41 Å². The second kappa shape index (κ2) is 8.97. The topological polar surface area (TPSA) is 8.17 Å². The molecule has 0 amide bonds. The van der Waals surface area contributed by atoms with E-state index in [0.29, 0.717) is 0 Å². The Labute approximate surface area is 240 Å². The smallest absolute Gasteiger partial charge is 0.0547 e. The lowest BCUT2D eigenvalue weighted by Gasteiger charge is -2.25. The molecule has 0 N–H and O–H groups in total. The van der Waals surface area contributed by atoms with Gasteiger partial charge in [-0.2, -0.15) is 0 Å². The molecule has 1 aliphatic carbocycles. The maximum Gasteiger partial charge on any atom is 0.0547 e. The molecule has 0 saturated heterocycles. The zero-order valence-electron chi connectivity index (χ0n) is 23.3. The van der Waals surface area contributed by atoms with Gasteiger partial charge >= 0.3 is 0 Å². The molecule has 1 aliphatic rings. The second-order valence-corrected chi connectivity index (χ2v) is 11.4. The first kappa shape index (κ1) is 23.8. The molecule has 7 aromatic rings. The molecule has 0 atom stereocenters. The summed E-state index contributed by atoms with van der Waals surface area (Å²) >= 11 is 0. The highest BCUT2D eigenvalue weighted by atomic mass is 15.1. The minimum absolute atomic E-state index is 0.0565. The Morgan fingerprint density at radius 2 is 1.10 bits per heavy atom. The lowest BCUT2D eigenvalue weighted by molar-refractivity contribution is 0.661. The number of fused-ring (bicyclic) bond motifs is 7. The average molecular weight is 527 g/mol. The Hall–Kier alpha value is -5.08. The van der Waals surface area contributed by atoms with Gasteiger partial charge in [-0.1, -0.05) is 98.8 Å². The summed E-state index contributed by atoms with van der Waals surface area (Å²) in [4.78, 5) is 2.35. The van der Waals surface area contributed by atoms with Crippen molar-refractivity contribution in [2.24, 2.45) is 0 Å². The van der Waals surface area contributed by atoms with Crippen LogP contribution in [0.1, 0.15) is 25.0 Å². The summed E-state index contributed by atoms with van der Waals surface area (Å²) in [5.74, 6) is 0. The monoisotopic (exact) mass is 526 g/mol. The molecule has 0 unspecified atom stereocenters. The summed E-state index contributed by atoms with van der Waals surface area (Å²) in [5.41, 5.74) is 12.5. The number of hydrogen-bond donors (Lipinski definition) is 0. The first-order chi connectivity index (χ1) is 20.1. The molecule has 2 nitrogen and oxygen atoms in total. The van der Waals surface area contributed by atoms with E-state index in [-0.39, 0.29) is 5.41 Å². The van der Waals surface area contributed by atoms with E-state index in [9.17, 15) is 0 Å². The predicted molar refractivity (Wildman–Crippen MR) is 173 cm³/mol. The Balaban J connectivity index is 1.49. The number of aromatic nitrogens is 1. The van der Waals surface area contributed by atoms with E-state index in [1.165, 1.54) is 49.7 Å². The van der Waals surface area contributed by atoms with Crippen molar-refractivity contribution < 1.29 is 0 Å². The van der Waals surface area contributed by atoms with E-state index >= 15 is 0 Å². The number of anilines is 3. The molecule has 196 valence electrons. The van der Waals surface area contributed by atoms with Crippen LogP contribution in [-0.4, -0.2) is 4.57 Å². The summed E-state index contributed by atoms with van der Waals surface area (Å²) in [7, 11) is 0. The molecule has 1 heterocycles. The number of benzene rings is 6. The zero-order valence-corrected chi connectivity index (χ0v) is 23.3. The normalized spacial score (nSPS) is 13.3. The van der Waals surface area contributed by atoms with Crippen molar-refractivity contribution in [2.75, 3.05) is 4.90 Å². The number of hydrogen-bond acceptors (Lipinski definition) is 1. The molecule has 6 aromatic carbocycles. The quantitative estimate of drug-likeness (QED) is 0.221. The number of para-hydroxylation sites is 3. The predicted octanol–water partition coefficient (Wildman–Crippen LogP) is 10.6. The van der Waals surface area contributed by atoms with Crippen LogP contribution in [0, 0.1) is 0 Å². The SMILES string of the molecule is CC1(C)c2ccccc2-c2c1ccc1c2c2cc(N(c3ccccc3)c3ccccc3)ccc2n1-c1ccccc1. The Kier molecular flexibility index (Phi) is 5.20. The van der Waals surface area contributed by atoms with Crippen LogP contribution >= 0.6 is 0 Å². The van der Waals surface area contributed by atoms with Gasteiger partial charge < -0.3 is 9.47 Å². The molecule has 2 heteroatoms. The first-order valence-electron chi connectivity index (χ1n) is 14.3. The standard InChI is InChI=1S/C39H30N2/c1-39(2)33-21-13-12-20-31(33)37-34(39)23-25-36-38(37)32-26-30(22-24-35(32)41(36)29-18-10-5-11-19-29)40(27-14-6-3-7-15-27)28-16-8-4-9-17-28/h3-26H,1-2H3. The molecule has 0 aliphatic heterocycles. The van der Waals surface area contributed by atoms with Crippen molar-refractivity contribution in [1.82, 2.24) is 4.57 Å². The van der Waals surface area contributed by atoms with E-state index < -0.39 is 0 Å². The van der Waals surface area contributed by atoms with Crippen molar-refractivity contribution in [2.45, 2.75) is 19.3 Å². The van der Waals surface area contributed by atoms with Gasteiger partial charge in [0.1, 0.15) is 0 Å². The third-order valence-corrected chi connectivity index (χ3v) is 8.76. The van der Waals surface area contributed by atoms with Gasteiger partial charge in [-0.15, -0.1) is 0 Å². The Bertz CT molecular complexity index is 2010. The van der Waals surface area contributed by atoms with Gasteiger partial charge in [0.05, 0.1) is 11.0 Å². The fraction of sp³-hybridized carbons (Fsp3) is 0.0769. The van der Waals surface area contributed by atoms with Crippen LogP contribution in [0.2, 0.25) is 0 Å². The van der Waals surface area contributed by atoms with Crippen LogP contribution in [0.25, 0.3) is 38.6 Å². The largest absolute Gasteiger partial charge is 0.310 e. The molecule has 0 bridgehead atoms.